The molecule has 2 heterocycles. The third-order valence-corrected chi connectivity index (χ3v) is 5.31. The molecule has 1 aromatic carbocycles. The second-order valence-corrected chi connectivity index (χ2v) is 7.20. The number of carbonyl (C=O) groups is 1. The number of rotatable bonds is 6. The van der Waals surface area contributed by atoms with E-state index in [1.54, 1.807) is 28.4 Å². The first-order valence-corrected chi connectivity index (χ1v) is 9.44. The van der Waals surface area contributed by atoms with Gasteiger partial charge in [-0.2, -0.15) is 11.3 Å². The van der Waals surface area contributed by atoms with E-state index in [9.17, 15) is 14.9 Å². The van der Waals surface area contributed by atoms with Crippen molar-refractivity contribution in [3.05, 3.63) is 56.8 Å². The van der Waals surface area contributed by atoms with Gasteiger partial charge in [0.25, 0.3) is 5.69 Å². The van der Waals surface area contributed by atoms with Crippen molar-refractivity contribution in [2.24, 2.45) is 0 Å². The number of likely N-dealkylation sites (N-methyl/N-ethyl adjacent to an activating group) is 1. The number of anilines is 1. The van der Waals surface area contributed by atoms with Crippen molar-refractivity contribution in [1.29, 1.82) is 0 Å². The smallest absolute Gasteiger partial charge is 0.269 e. The zero-order valence-electron chi connectivity index (χ0n) is 14.7. The highest BCUT2D eigenvalue weighted by Gasteiger charge is 2.21. The van der Waals surface area contributed by atoms with Gasteiger partial charge in [-0.1, -0.05) is 0 Å². The van der Waals surface area contributed by atoms with Gasteiger partial charge in [0.15, 0.2) is 0 Å². The van der Waals surface area contributed by atoms with Gasteiger partial charge >= 0.3 is 0 Å². The van der Waals surface area contributed by atoms with E-state index in [-0.39, 0.29) is 16.5 Å². The number of nitro benzene ring substituents is 1. The molecule has 1 fully saturated rings. The number of benzene rings is 1. The molecule has 0 bridgehead atoms. The van der Waals surface area contributed by atoms with E-state index in [4.69, 9.17) is 0 Å². The molecule has 1 aromatic heterocycles. The Labute approximate surface area is 156 Å². The number of carbonyl (C=O) groups excluding carboxylic acids is 1. The highest BCUT2D eigenvalue weighted by molar-refractivity contribution is 7.07. The lowest BCUT2D eigenvalue weighted by Crippen LogP contribution is -2.49. The van der Waals surface area contributed by atoms with Crippen LogP contribution < -0.4 is 4.90 Å². The van der Waals surface area contributed by atoms with Crippen molar-refractivity contribution < 1.29 is 9.72 Å². The Balaban J connectivity index is 1.47. The number of hydrogen-bond donors (Lipinski definition) is 0. The molecule has 1 saturated heterocycles. The summed E-state index contributed by atoms with van der Waals surface area (Å²) in [5.41, 5.74) is 2.25. The zero-order chi connectivity index (χ0) is 18.5. The Morgan fingerprint density at radius 2 is 1.88 bits per heavy atom. The maximum absolute atomic E-state index is 12.4. The number of nitro groups is 1. The first kappa shape index (κ1) is 18.3. The lowest BCUT2D eigenvalue weighted by molar-refractivity contribution is -0.384. The number of non-ortho nitro benzene ring substituents is 1. The minimum atomic E-state index is -0.389. The first-order chi connectivity index (χ1) is 12.5. The molecule has 0 spiro atoms. The first-order valence-electron chi connectivity index (χ1n) is 8.50. The third kappa shape index (κ3) is 4.59. The molecule has 0 saturated carbocycles. The Morgan fingerprint density at radius 1 is 1.19 bits per heavy atom. The van der Waals surface area contributed by atoms with Crippen molar-refractivity contribution in [3.63, 3.8) is 0 Å². The fraction of sp³-hybridized carbons (Fsp3) is 0.389. The fourth-order valence-corrected chi connectivity index (χ4v) is 3.67. The minimum Gasteiger partial charge on any atom is -0.369 e. The highest BCUT2D eigenvalue weighted by atomic mass is 32.1. The molecule has 0 unspecified atom stereocenters. The molecule has 26 heavy (non-hydrogen) atoms. The van der Waals surface area contributed by atoms with E-state index in [1.807, 2.05) is 18.5 Å². The second-order valence-electron chi connectivity index (χ2n) is 6.42. The largest absolute Gasteiger partial charge is 0.369 e. The lowest BCUT2D eigenvalue weighted by atomic mass is 10.2. The SMILES string of the molecule is CN(Cc1ccsc1)C(=O)CN1CCN(c2ccc([N+](=O)[O-])cc2)CC1. The average Bonchev–Trinajstić information content (AvgIpc) is 3.15. The third-order valence-electron chi connectivity index (χ3n) is 4.58. The molecule has 3 rings (SSSR count). The van der Waals surface area contributed by atoms with Crippen molar-refractivity contribution in [1.82, 2.24) is 9.80 Å². The van der Waals surface area contributed by atoms with Crippen LogP contribution in [-0.2, 0) is 11.3 Å². The Morgan fingerprint density at radius 3 is 2.46 bits per heavy atom. The van der Waals surface area contributed by atoms with Crippen LogP contribution in [-0.4, -0.2) is 60.4 Å². The summed E-state index contributed by atoms with van der Waals surface area (Å²) < 4.78 is 0. The zero-order valence-corrected chi connectivity index (χ0v) is 15.5. The van der Waals surface area contributed by atoms with Crippen LogP contribution in [0.15, 0.2) is 41.1 Å². The highest BCUT2D eigenvalue weighted by Crippen LogP contribution is 2.20. The van der Waals surface area contributed by atoms with Gasteiger partial charge in [0.1, 0.15) is 0 Å². The standard InChI is InChI=1S/C18H22N4O3S/c1-19(12-15-6-11-26-14-15)18(23)13-20-7-9-21(10-8-20)16-2-4-17(5-3-16)22(24)25/h2-6,11,14H,7-10,12-13H2,1H3. The van der Waals surface area contributed by atoms with Crippen molar-refractivity contribution in [2.75, 3.05) is 44.7 Å². The Hall–Kier alpha value is -2.45. The fourth-order valence-electron chi connectivity index (χ4n) is 3.01. The van der Waals surface area contributed by atoms with Crippen molar-refractivity contribution in [2.45, 2.75) is 6.54 Å². The summed E-state index contributed by atoms with van der Waals surface area (Å²) in [6.45, 7) is 4.28. The van der Waals surface area contributed by atoms with Gasteiger partial charge < -0.3 is 9.80 Å². The number of thiophene rings is 1. The average molecular weight is 374 g/mol. The molecule has 2 aromatic rings. The summed E-state index contributed by atoms with van der Waals surface area (Å²) in [6, 6.07) is 8.67. The molecule has 0 atom stereocenters. The summed E-state index contributed by atoms with van der Waals surface area (Å²) in [6.07, 6.45) is 0. The molecule has 138 valence electrons. The normalized spacial score (nSPS) is 15.0. The van der Waals surface area contributed by atoms with Crippen LogP contribution in [0.1, 0.15) is 5.56 Å². The quantitative estimate of drug-likeness (QED) is 0.574. The van der Waals surface area contributed by atoms with Gasteiger partial charge in [0.05, 0.1) is 11.5 Å². The summed E-state index contributed by atoms with van der Waals surface area (Å²) in [4.78, 5) is 28.9. The van der Waals surface area contributed by atoms with E-state index in [0.717, 1.165) is 37.4 Å². The minimum absolute atomic E-state index is 0.103. The summed E-state index contributed by atoms with van der Waals surface area (Å²) >= 11 is 1.64. The van der Waals surface area contributed by atoms with Crippen LogP contribution >= 0.6 is 11.3 Å². The summed E-state index contributed by atoms with van der Waals surface area (Å²) in [7, 11) is 1.84. The van der Waals surface area contributed by atoms with E-state index in [2.05, 4.69) is 15.2 Å². The van der Waals surface area contributed by atoms with Gasteiger partial charge in [-0.05, 0) is 34.5 Å². The molecule has 1 aliphatic heterocycles. The van der Waals surface area contributed by atoms with E-state index >= 15 is 0 Å². The van der Waals surface area contributed by atoms with E-state index in [0.29, 0.717) is 13.1 Å². The molecule has 1 amide bonds. The van der Waals surface area contributed by atoms with Gasteiger partial charge in [-0.3, -0.25) is 19.8 Å². The van der Waals surface area contributed by atoms with Crippen LogP contribution in [0.25, 0.3) is 0 Å². The van der Waals surface area contributed by atoms with Crippen molar-refractivity contribution in [3.8, 4) is 0 Å². The predicted octanol–water partition coefficient (Wildman–Crippen LogP) is 2.44. The molecular formula is C18H22N4O3S. The van der Waals surface area contributed by atoms with Crippen LogP contribution in [0.5, 0.6) is 0 Å². The number of piperazine rings is 1. The topological polar surface area (TPSA) is 69.9 Å². The Bertz CT molecular complexity index is 740. The molecular weight excluding hydrogens is 352 g/mol. The van der Waals surface area contributed by atoms with Crippen LogP contribution in [0.4, 0.5) is 11.4 Å². The molecule has 0 aliphatic carbocycles. The van der Waals surface area contributed by atoms with Gasteiger partial charge in [-0.15, -0.1) is 0 Å². The number of nitrogens with zero attached hydrogens (tertiary/aromatic N) is 4. The van der Waals surface area contributed by atoms with Crippen LogP contribution in [0.3, 0.4) is 0 Å². The van der Waals surface area contributed by atoms with Gasteiger partial charge in [0.2, 0.25) is 5.91 Å². The maximum atomic E-state index is 12.4. The number of hydrogen-bond acceptors (Lipinski definition) is 6. The monoisotopic (exact) mass is 374 g/mol. The molecule has 1 aliphatic rings. The maximum Gasteiger partial charge on any atom is 0.269 e. The van der Waals surface area contributed by atoms with Gasteiger partial charge in [0, 0.05) is 57.6 Å². The second kappa shape index (κ2) is 8.29. The van der Waals surface area contributed by atoms with Crippen LogP contribution in [0, 0.1) is 10.1 Å². The van der Waals surface area contributed by atoms with Gasteiger partial charge in [-0.25, -0.2) is 0 Å². The van der Waals surface area contributed by atoms with E-state index in [1.165, 1.54) is 12.1 Å². The summed E-state index contributed by atoms with van der Waals surface area (Å²) in [5, 5.41) is 14.8. The van der Waals surface area contributed by atoms with Crippen LogP contribution in [0.2, 0.25) is 0 Å². The molecule has 8 heteroatoms. The summed E-state index contributed by atoms with van der Waals surface area (Å²) in [5.74, 6) is 0.125. The molecule has 0 N–H and O–H groups in total. The lowest BCUT2D eigenvalue weighted by Gasteiger charge is -2.36. The van der Waals surface area contributed by atoms with Crippen molar-refractivity contribution >= 4 is 28.6 Å². The predicted molar refractivity (Wildman–Crippen MR) is 103 cm³/mol. The molecule has 7 nitrogen and oxygen atoms in total. The van der Waals surface area contributed by atoms with E-state index < -0.39 is 0 Å². The molecule has 0 radical (unpaired) electrons. The Kier molecular flexibility index (Phi) is 5.85. The number of amides is 1.